The molecule has 1 amide bonds. The average molecular weight is 379 g/mol. The molecule has 5 heteroatoms. The Morgan fingerprint density at radius 1 is 0.929 bits per heavy atom. The Bertz CT molecular complexity index is 872. The number of carbonyl (C=O) groups is 3. The van der Waals surface area contributed by atoms with E-state index in [-0.39, 0.29) is 29.6 Å². The van der Waals surface area contributed by atoms with Crippen LogP contribution in [0.5, 0.6) is 0 Å². The molecule has 0 heterocycles. The molecular formula is C23H25NO4. The first-order chi connectivity index (χ1) is 13.2. The minimum atomic E-state index is -0.570. The molecule has 0 spiro atoms. The van der Waals surface area contributed by atoms with Crippen LogP contribution in [0.25, 0.3) is 0 Å². The number of hydrogen-bond acceptors (Lipinski definition) is 4. The third-order valence-electron chi connectivity index (χ3n) is 4.74. The summed E-state index contributed by atoms with van der Waals surface area (Å²) in [6, 6.07) is 13.8. The zero-order valence-corrected chi connectivity index (χ0v) is 16.5. The zero-order valence-electron chi connectivity index (χ0n) is 16.5. The van der Waals surface area contributed by atoms with Crippen molar-refractivity contribution in [1.29, 1.82) is 0 Å². The summed E-state index contributed by atoms with van der Waals surface area (Å²) in [5.74, 6) is -0.687. The van der Waals surface area contributed by atoms with Crippen LogP contribution in [0.3, 0.4) is 0 Å². The van der Waals surface area contributed by atoms with Crippen LogP contribution in [-0.4, -0.2) is 24.3 Å². The number of ketones is 1. The van der Waals surface area contributed by atoms with Gasteiger partial charge in [0.1, 0.15) is 0 Å². The van der Waals surface area contributed by atoms with E-state index in [1.165, 1.54) is 0 Å². The SMILES string of the molecule is CC(C)(C)c1ccc(C(=O)COC(=O)c2ccc(NC(=O)C3CC3)cc2)cc1. The number of nitrogens with one attached hydrogen (secondary N) is 1. The molecule has 0 atom stereocenters. The van der Waals surface area contributed by atoms with Crippen LogP contribution in [0, 0.1) is 5.92 Å². The Balaban J connectivity index is 1.53. The molecule has 0 radical (unpaired) electrons. The second-order valence-electron chi connectivity index (χ2n) is 8.17. The molecule has 0 aromatic heterocycles. The molecule has 146 valence electrons. The minimum absolute atomic E-state index is 0.0122. The van der Waals surface area contributed by atoms with E-state index >= 15 is 0 Å². The van der Waals surface area contributed by atoms with Gasteiger partial charge in [-0.15, -0.1) is 0 Å². The van der Waals surface area contributed by atoms with E-state index in [0.29, 0.717) is 16.8 Å². The predicted octanol–water partition coefficient (Wildman–Crippen LogP) is 4.37. The molecule has 1 aliphatic rings. The van der Waals surface area contributed by atoms with Gasteiger partial charge in [0.25, 0.3) is 0 Å². The van der Waals surface area contributed by atoms with Crippen molar-refractivity contribution in [2.45, 2.75) is 39.0 Å². The monoisotopic (exact) mass is 379 g/mol. The van der Waals surface area contributed by atoms with Gasteiger partial charge in [0.2, 0.25) is 5.91 Å². The van der Waals surface area contributed by atoms with Crippen molar-refractivity contribution in [3.05, 3.63) is 65.2 Å². The molecule has 2 aromatic rings. The second kappa shape index (κ2) is 7.97. The summed E-state index contributed by atoms with van der Waals surface area (Å²) in [7, 11) is 0. The van der Waals surface area contributed by atoms with E-state index < -0.39 is 5.97 Å². The fraction of sp³-hybridized carbons (Fsp3) is 0.348. The first-order valence-corrected chi connectivity index (χ1v) is 9.46. The molecule has 0 saturated heterocycles. The fourth-order valence-electron chi connectivity index (χ4n) is 2.73. The Kier molecular flexibility index (Phi) is 5.63. The maximum absolute atomic E-state index is 12.3. The Morgan fingerprint density at radius 3 is 2.04 bits per heavy atom. The van der Waals surface area contributed by atoms with Crippen molar-refractivity contribution in [2.24, 2.45) is 5.92 Å². The van der Waals surface area contributed by atoms with Crippen molar-refractivity contribution in [1.82, 2.24) is 0 Å². The van der Waals surface area contributed by atoms with Gasteiger partial charge >= 0.3 is 5.97 Å². The molecule has 28 heavy (non-hydrogen) atoms. The third-order valence-corrected chi connectivity index (χ3v) is 4.74. The van der Waals surface area contributed by atoms with Crippen LogP contribution in [0.4, 0.5) is 5.69 Å². The Hall–Kier alpha value is -2.95. The van der Waals surface area contributed by atoms with Crippen molar-refractivity contribution >= 4 is 23.3 Å². The number of hydrogen-bond donors (Lipinski definition) is 1. The molecule has 1 N–H and O–H groups in total. The fourth-order valence-corrected chi connectivity index (χ4v) is 2.73. The summed E-state index contributed by atoms with van der Waals surface area (Å²) in [4.78, 5) is 36.2. The lowest BCUT2D eigenvalue weighted by atomic mass is 9.86. The number of anilines is 1. The standard InChI is InChI=1S/C23H25NO4/c1-23(2,3)18-10-6-15(7-11-18)20(25)14-28-22(27)17-8-12-19(13-9-17)24-21(26)16-4-5-16/h6-13,16H,4-5,14H2,1-3H3,(H,24,26). The van der Waals surface area contributed by atoms with Crippen molar-refractivity contribution in [2.75, 3.05) is 11.9 Å². The van der Waals surface area contributed by atoms with E-state index in [9.17, 15) is 14.4 Å². The van der Waals surface area contributed by atoms with Gasteiger partial charge in [-0.25, -0.2) is 4.79 Å². The van der Waals surface area contributed by atoms with Crippen LogP contribution < -0.4 is 5.32 Å². The Labute approximate surface area is 165 Å². The highest BCUT2D eigenvalue weighted by molar-refractivity contribution is 5.99. The molecule has 0 bridgehead atoms. The second-order valence-corrected chi connectivity index (χ2v) is 8.17. The number of Topliss-reactive ketones (excluding diaryl/α,β-unsaturated/α-hetero) is 1. The van der Waals surface area contributed by atoms with Crippen molar-refractivity contribution in [3.8, 4) is 0 Å². The summed E-state index contributed by atoms with van der Waals surface area (Å²) < 4.78 is 5.14. The molecule has 1 saturated carbocycles. The lowest BCUT2D eigenvalue weighted by Gasteiger charge is -2.18. The van der Waals surface area contributed by atoms with Crippen LogP contribution in [0.2, 0.25) is 0 Å². The van der Waals surface area contributed by atoms with Crippen LogP contribution in [-0.2, 0) is 14.9 Å². The highest BCUT2D eigenvalue weighted by Gasteiger charge is 2.29. The molecule has 2 aromatic carbocycles. The predicted molar refractivity (Wildman–Crippen MR) is 108 cm³/mol. The molecule has 0 aliphatic heterocycles. The summed E-state index contributed by atoms with van der Waals surface area (Å²) >= 11 is 0. The maximum Gasteiger partial charge on any atom is 0.338 e. The van der Waals surface area contributed by atoms with Crippen LogP contribution in [0.15, 0.2) is 48.5 Å². The summed E-state index contributed by atoms with van der Waals surface area (Å²) in [6.07, 6.45) is 1.87. The summed E-state index contributed by atoms with van der Waals surface area (Å²) in [6.45, 7) is 6.00. The minimum Gasteiger partial charge on any atom is -0.454 e. The number of amides is 1. The molecule has 1 fully saturated rings. The Morgan fingerprint density at radius 2 is 1.50 bits per heavy atom. The largest absolute Gasteiger partial charge is 0.454 e. The van der Waals surface area contributed by atoms with Crippen LogP contribution >= 0.6 is 0 Å². The lowest BCUT2D eigenvalue weighted by Crippen LogP contribution is -2.16. The zero-order chi connectivity index (χ0) is 20.3. The van der Waals surface area contributed by atoms with E-state index in [1.54, 1.807) is 36.4 Å². The van der Waals surface area contributed by atoms with Gasteiger partial charge in [-0.2, -0.15) is 0 Å². The first-order valence-electron chi connectivity index (χ1n) is 9.46. The molecule has 0 unspecified atom stereocenters. The number of esters is 1. The van der Waals surface area contributed by atoms with E-state index in [4.69, 9.17) is 4.74 Å². The lowest BCUT2D eigenvalue weighted by molar-refractivity contribution is -0.117. The molecule has 1 aliphatic carbocycles. The van der Waals surface area contributed by atoms with Gasteiger partial charge in [-0.05, 0) is 48.1 Å². The van der Waals surface area contributed by atoms with Gasteiger partial charge in [-0.1, -0.05) is 45.0 Å². The highest BCUT2D eigenvalue weighted by Crippen LogP contribution is 2.30. The maximum atomic E-state index is 12.3. The van der Waals surface area contributed by atoms with E-state index in [1.807, 2.05) is 12.1 Å². The van der Waals surface area contributed by atoms with Gasteiger partial charge in [0.15, 0.2) is 12.4 Å². The van der Waals surface area contributed by atoms with Gasteiger partial charge in [0, 0.05) is 17.2 Å². The average Bonchev–Trinajstić information content (AvgIpc) is 3.51. The summed E-state index contributed by atoms with van der Waals surface area (Å²) in [5.41, 5.74) is 2.64. The summed E-state index contributed by atoms with van der Waals surface area (Å²) in [5, 5.41) is 2.81. The highest BCUT2D eigenvalue weighted by atomic mass is 16.5. The third kappa shape index (κ3) is 5.06. The van der Waals surface area contributed by atoms with E-state index in [2.05, 4.69) is 26.1 Å². The van der Waals surface area contributed by atoms with E-state index in [0.717, 1.165) is 18.4 Å². The van der Waals surface area contributed by atoms with Crippen molar-refractivity contribution in [3.63, 3.8) is 0 Å². The van der Waals surface area contributed by atoms with Gasteiger partial charge < -0.3 is 10.1 Å². The first kappa shape index (κ1) is 19.8. The normalized spacial score (nSPS) is 13.7. The van der Waals surface area contributed by atoms with Gasteiger partial charge in [-0.3, -0.25) is 9.59 Å². The number of carbonyl (C=O) groups excluding carboxylic acids is 3. The smallest absolute Gasteiger partial charge is 0.338 e. The topological polar surface area (TPSA) is 72.5 Å². The number of benzene rings is 2. The number of ether oxygens (including phenoxy) is 1. The molecule has 3 rings (SSSR count). The van der Waals surface area contributed by atoms with Crippen molar-refractivity contribution < 1.29 is 19.1 Å². The quantitative estimate of drug-likeness (QED) is 0.597. The van der Waals surface area contributed by atoms with Gasteiger partial charge in [0.05, 0.1) is 5.56 Å². The van der Waals surface area contributed by atoms with Crippen LogP contribution in [0.1, 0.15) is 59.9 Å². The number of rotatable bonds is 6. The molecular weight excluding hydrogens is 354 g/mol. The molecule has 5 nitrogen and oxygen atoms in total.